The standard InChI is InChI=1S/C18H19N3O4/c1-18(2)24-16(22)15(17(23)25-18)14(12(9-19)10-20)11-5-7-13(8-6-11)21(3)4/h5-8,12,14,22H,1-4H3/p-1. The second-order valence-corrected chi connectivity index (χ2v) is 6.29. The molecule has 0 radical (unpaired) electrons. The molecule has 1 aliphatic heterocycles. The van der Waals surface area contributed by atoms with Crippen LogP contribution in [0.15, 0.2) is 35.8 Å². The normalized spacial score (nSPS) is 17.2. The summed E-state index contributed by atoms with van der Waals surface area (Å²) in [5.41, 5.74) is 1.04. The molecule has 0 spiro atoms. The topological polar surface area (TPSA) is 109 Å². The van der Waals surface area contributed by atoms with Gasteiger partial charge in [-0.25, -0.2) is 4.79 Å². The van der Waals surface area contributed by atoms with E-state index in [-0.39, 0.29) is 5.57 Å². The first kappa shape index (κ1) is 18.2. The molecule has 0 aromatic heterocycles. The Bertz CT molecular complexity index is 768. The van der Waals surface area contributed by atoms with Crippen molar-refractivity contribution in [1.82, 2.24) is 0 Å². The summed E-state index contributed by atoms with van der Waals surface area (Å²) in [4.78, 5) is 14.2. The minimum atomic E-state index is -1.38. The maximum absolute atomic E-state index is 12.4. The number of hydrogen-bond donors (Lipinski definition) is 0. The largest absolute Gasteiger partial charge is 0.575 e. The Morgan fingerprint density at radius 1 is 1.12 bits per heavy atom. The molecule has 1 unspecified atom stereocenters. The highest BCUT2D eigenvalue weighted by Gasteiger charge is 2.38. The Labute approximate surface area is 146 Å². The molecule has 0 saturated carbocycles. The molecular weight excluding hydrogens is 322 g/mol. The van der Waals surface area contributed by atoms with Gasteiger partial charge >= 0.3 is 5.97 Å². The van der Waals surface area contributed by atoms with Crippen LogP contribution in [0.5, 0.6) is 0 Å². The van der Waals surface area contributed by atoms with Crippen molar-refractivity contribution in [2.45, 2.75) is 25.6 Å². The summed E-state index contributed by atoms with van der Waals surface area (Å²) in [5, 5.41) is 31.0. The fraction of sp³-hybridized carbons (Fsp3) is 0.389. The number of nitriles is 2. The van der Waals surface area contributed by atoms with E-state index in [2.05, 4.69) is 0 Å². The van der Waals surface area contributed by atoms with Crippen LogP contribution in [0.2, 0.25) is 0 Å². The van der Waals surface area contributed by atoms with Crippen molar-refractivity contribution in [3.05, 3.63) is 41.3 Å². The van der Waals surface area contributed by atoms with Crippen molar-refractivity contribution in [3.8, 4) is 12.1 Å². The van der Waals surface area contributed by atoms with Gasteiger partial charge in [-0.1, -0.05) is 12.1 Å². The molecule has 1 atom stereocenters. The number of esters is 1. The molecule has 1 aromatic rings. The number of ether oxygens (including phenoxy) is 2. The van der Waals surface area contributed by atoms with Crippen molar-refractivity contribution >= 4 is 11.7 Å². The summed E-state index contributed by atoms with van der Waals surface area (Å²) >= 11 is 0. The predicted octanol–water partition coefficient (Wildman–Crippen LogP) is 1.38. The lowest BCUT2D eigenvalue weighted by molar-refractivity contribution is -0.394. The summed E-state index contributed by atoms with van der Waals surface area (Å²) in [6, 6.07) is 10.6. The van der Waals surface area contributed by atoms with E-state index in [0.29, 0.717) is 5.56 Å². The van der Waals surface area contributed by atoms with Crippen LogP contribution in [0, 0.1) is 28.6 Å². The van der Waals surface area contributed by atoms with E-state index in [1.54, 1.807) is 24.3 Å². The zero-order chi connectivity index (χ0) is 18.8. The van der Waals surface area contributed by atoms with Gasteiger partial charge in [0.05, 0.1) is 23.7 Å². The summed E-state index contributed by atoms with van der Waals surface area (Å²) in [6.07, 6.45) is 0. The minimum Gasteiger partial charge on any atom is -0.575 e. The van der Waals surface area contributed by atoms with Crippen LogP contribution in [-0.2, 0) is 14.3 Å². The SMILES string of the molecule is CN(C)c1ccc(C(C2=C([O-])OC(C)(C)OC2=O)C(C#N)C#N)cc1. The molecule has 7 heteroatoms. The summed E-state index contributed by atoms with van der Waals surface area (Å²) in [6.45, 7) is 2.87. The monoisotopic (exact) mass is 340 g/mol. The van der Waals surface area contributed by atoms with Crippen LogP contribution < -0.4 is 10.0 Å². The fourth-order valence-corrected chi connectivity index (χ4v) is 2.60. The minimum absolute atomic E-state index is 0.343. The van der Waals surface area contributed by atoms with Crippen molar-refractivity contribution in [3.63, 3.8) is 0 Å². The van der Waals surface area contributed by atoms with E-state index in [4.69, 9.17) is 9.47 Å². The number of rotatable bonds is 4. The van der Waals surface area contributed by atoms with E-state index >= 15 is 0 Å². The van der Waals surface area contributed by atoms with Gasteiger partial charge in [-0.2, -0.15) is 10.5 Å². The Morgan fingerprint density at radius 2 is 1.68 bits per heavy atom. The maximum atomic E-state index is 12.4. The molecule has 0 fully saturated rings. The molecule has 25 heavy (non-hydrogen) atoms. The third kappa shape index (κ3) is 3.67. The first-order valence-corrected chi connectivity index (χ1v) is 7.60. The van der Waals surface area contributed by atoms with Gasteiger partial charge in [0.15, 0.2) is 5.79 Å². The van der Waals surface area contributed by atoms with Gasteiger partial charge in [0.25, 0.3) is 0 Å². The molecule has 7 nitrogen and oxygen atoms in total. The Hall–Kier alpha value is -3.19. The van der Waals surface area contributed by atoms with Gasteiger partial charge in [-0.05, 0) is 31.5 Å². The first-order valence-electron chi connectivity index (χ1n) is 7.60. The smallest absolute Gasteiger partial charge is 0.337 e. The van der Waals surface area contributed by atoms with E-state index < -0.39 is 29.5 Å². The van der Waals surface area contributed by atoms with Crippen molar-refractivity contribution < 1.29 is 19.4 Å². The Morgan fingerprint density at radius 3 is 2.12 bits per heavy atom. The first-order chi connectivity index (χ1) is 11.7. The summed E-state index contributed by atoms with van der Waals surface area (Å²) in [5.74, 6) is -5.42. The van der Waals surface area contributed by atoms with Gasteiger partial charge in [0.1, 0.15) is 5.92 Å². The third-order valence-corrected chi connectivity index (χ3v) is 3.81. The van der Waals surface area contributed by atoms with Crippen LogP contribution in [0.25, 0.3) is 0 Å². The van der Waals surface area contributed by atoms with Crippen LogP contribution in [0.3, 0.4) is 0 Å². The lowest BCUT2D eigenvalue weighted by Gasteiger charge is -2.41. The van der Waals surface area contributed by atoms with Gasteiger partial charge in [0.2, 0.25) is 0 Å². The zero-order valence-corrected chi connectivity index (χ0v) is 14.4. The molecule has 0 saturated heterocycles. The summed E-state index contributed by atoms with van der Waals surface area (Å²) < 4.78 is 10.2. The quantitative estimate of drug-likeness (QED) is 0.762. The van der Waals surface area contributed by atoms with Crippen LogP contribution in [0.4, 0.5) is 5.69 Å². The molecule has 1 aliphatic rings. The molecule has 130 valence electrons. The highest BCUT2D eigenvalue weighted by atomic mass is 16.8. The fourth-order valence-electron chi connectivity index (χ4n) is 2.60. The maximum Gasteiger partial charge on any atom is 0.337 e. The molecule has 2 rings (SSSR count). The second-order valence-electron chi connectivity index (χ2n) is 6.29. The van der Waals surface area contributed by atoms with Gasteiger partial charge in [0, 0.05) is 25.7 Å². The predicted molar refractivity (Wildman–Crippen MR) is 86.5 cm³/mol. The van der Waals surface area contributed by atoms with Crippen molar-refractivity contribution in [1.29, 1.82) is 10.5 Å². The average molecular weight is 340 g/mol. The number of benzene rings is 1. The molecular formula is C18H18N3O4-. The average Bonchev–Trinajstić information content (AvgIpc) is 2.52. The lowest BCUT2D eigenvalue weighted by atomic mass is 9.81. The number of cyclic esters (lactones) is 1. The highest BCUT2D eigenvalue weighted by Crippen LogP contribution is 2.38. The van der Waals surface area contributed by atoms with E-state index in [1.165, 1.54) is 13.8 Å². The number of hydrogen-bond acceptors (Lipinski definition) is 7. The molecule has 1 aromatic carbocycles. The third-order valence-electron chi connectivity index (χ3n) is 3.81. The van der Waals surface area contributed by atoms with E-state index in [0.717, 1.165) is 5.69 Å². The van der Waals surface area contributed by atoms with Gasteiger partial charge < -0.3 is 19.5 Å². The van der Waals surface area contributed by atoms with Crippen molar-refractivity contribution in [2.75, 3.05) is 19.0 Å². The molecule has 0 bridgehead atoms. The Balaban J connectivity index is 2.57. The van der Waals surface area contributed by atoms with Crippen LogP contribution in [0.1, 0.15) is 25.3 Å². The molecule has 1 heterocycles. The van der Waals surface area contributed by atoms with E-state index in [1.807, 2.05) is 31.1 Å². The van der Waals surface area contributed by atoms with Crippen molar-refractivity contribution in [2.24, 2.45) is 5.92 Å². The second kappa shape index (κ2) is 6.74. The Kier molecular flexibility index (Phi) is 4.89. The molecule has 0 N–H and O–H groups in total. The van der Waals surface area contributed by atoms with Gasteiger partial charge in [-0.3, -0.25) is 0 Å². The van der Waals surface area contributed by atoms with Crippen LogP contribution >= 0.6 is 0 Å². The number of nitrogens with zero attached hydrogens (tertiary/aromatic N) is 3. The lowest BCUT2D eigenvalue weighted by Crippen LogP contribution is -2.42. The molecule has 0 amide bonds. The zero-order valence-electron chi connectivity index (χ0n) is 14.4. The summed E-state index contributed by atoms with van der Waals surface area (Å²) in [7, 11) is 3.74. The van der Waals surface area contributed by atoms with Gasteiger partial charge in [-0.15, -0.1) is 0 Å². The highest BCUT2D eigenvalue weighted by molar-refractivity contribution is 5.91. The molecule has 0 aliphatic carbocycles. The number of carbonyl (C=O) groups excluding carboxylic acids is 1. The van der Waals surface area contributed by atoms with E-state index in [9.17, 15) is 20.4 Å². The number of anilines is 1. The van der Waals surface area contributed by atoms with Crippen LogP contribution in [-0.4, -0.2) is 25.9 Å². The number of carbonyl (C=O) groups is 1.